The van der Waals surface area contributed by atoms with Crippen LogP contribution in [0.4, 0.5) is 17.1 Å². The molecule has 12 saturated carbocycles. The van der Waals surface area contributed by atoms with Crippen molar-refractivity contribution in [3.8, 4) is 34.5 Å². The molecule has 0 spiro atoms. The first kappa shape index (κ1) is 39.1. The monoisotopic (exact) mass is 844 g/mol. The van der Waals surface area contributed by atoms with Gasteiger partial charge in [0.05, 0.1) is 0 Å². The molecule has 12 aliphatic carbocycles. The van der Waals surface area contributed by atoms with E-state index in [1.807, 2.05) is 18.2 Å². The molecule has 12 fully saturated rings. The molecule has 4 aromatic rings. The van der Waals surface area contributed by atoms with Crippen LogP contribution < -0.4 is 31.4 Å². The molecule has 63 heavy (non-hydrogen) atoms. The zero-order chi connectivity index (χ0) is 42.6. The Bertz CT molecular complexity index is 2430. The topological polar surface area (TPSA) is 106 Å². The predicted octanol–water partition coefficient (Wildman–Crippen LogP) is 14.1. The summed E-state index contributed by atoms with van der Waals surface area (Å²) in [4.78, 5) is 0. The molecule has 330 valence electrons. The van der Waals surface area contributed by atoms with Gasteiger partial charge >= 0.3 is 0 Å². The van der Waals surface area contributed by atoms with Gasteiger partial charge in [-0.3, -0.25) is 0 Å². The van der Waals surface area contributed by atoms with Crippen LogP contribution in [0.1, 0.15) is 149 Å². The lowest BCUT2D eigenvalue weighted by Gasteiger charge is -2.62. The molecular weight excluding hydrogens is 775 g/mol. The van der Waals surface area contributed by atoms with Crippen LogP contribution in [-0.2, 0) is 16.2 Å². The van der Waals surface area contributed by atoms with Crippen LogP contribution in [0.2, 0.25) is 0 Å². The number of ether oxygens (including phenoxy) is 3. The second-order valence-electron chi connectivity index (χ2n) is 23.9. The Morgan fingerprint density at radius 1 is 0.349 bits per heavy atom. The molecule has 0 unspecified atom stereocenters. The Kier molecular flexibility index (Phi) is 8.59. The second-order valence-corrected chi connectivity index (χ2v) is 23.9. The fourth-order valence-electron chi connectivity index (χ4n) is 18.3. The Morgan fingerprint density at radius 2 is 0.587 bits per heavy atom. The Hall–Kier alpha value is -4.32. The highest BCUT2D eigenvalue weighted by atomic mass is 16.5. The molecule has 12 aliphatic rings. The highest BCUT2D eigenvalue weighted by Crippen LogP contribution is 2.73. The van der Waals surface area contributed by atoms with E-state index in [1.165, 1.54) is 132 Å². The van der Waals surface area contributed by atoms with Crippen LogP contribution in [0.3, 0.4) is 0 Å². The number of benzene rings is 4. The van der Waals surface area contributed by atoms with Crippen LogP contribution in [0.15, 0.2) is 54.6 Å². The Balaban J connectivity index is 1.20. The van der Waals surface area contributed by atoms with Crippen molar-refractivity contribution in [2.45, 2.75) is 153 Å². The van der Waals surface area contributed by atoms with Crippen molar-refractivity contribution in [1.82, 2.24) is 0 Å². The van der Waals surface area contributed by atoms with Crippen molar-refractivity contribution < 1.29 is 14.2 Å². The maximum Gasteiger partial charge on any atom is 0.177 e. The van der Waals surface area contributed by atoms with Gasteiger partial charge in [-0.15, -0.1) is 0 Å². The molecule has 0 amide bonds. The van der Waals surface area contributed by atoms with Crippen molar-refractivity contribution in [1.29, 1.82) is 0 Å². The fraction of sp³-hybridized carbons (Fsp3) is 0.579. The number of hydrogen-bond acceptors (Lipinski definition) is 6. The summed E-state index contributed by atoms with van der Waals surface area (Å²) in [7, 11) is 0. The lowest BCUT2D eigenvalue weighted by Crippen LogP contribution is -2.53. The van der Waals surface area contributed by atoms with Gasteiger partial charge in [0.25, 0.3) is 0 Å². The third-order valence-electron chi connectivity index (χ3n) is 19.7. The standard InChI is InChI=1S/C57H69N3O3/c1-31-43(58)7-4-10-46(31)61-52-49(55-22-34-13-35(23-55)15-36(14-34)24-55)50(56-25-37-16-38(26-56)18-39(17-37)27-56)53(62-47-11-5-8-44(59)32(47)2)54(63-48-12-6-9-45(60)33(48)3)51(52)57-28-40-19-41(29-57)21-42(20-40)30-57/h4-12,34-42H,13-30,58-60H2,1-3H3. The summed E-state index contributed by atoms with van der Waals surface area (Å²) in [5.41, 5.74) is 29.8. The molecule has 0 aromatic heterocycles. The van der Waals surface area contributed by atoms with Gasteiger partial charge in [0.1, 0.15) is 23.0 Å². The van der Waals surface area contributed by atoms with E-state index in [1.54, 1.807) is 0 Å². The first-order valence-electron chi connectivity index (χ1n) is 25.3. The van der Waals surface area contributed by atoms with E-state index in [0.717, 1.165) is 104 Å². The lowest BCUT2D eigenvalue weighted by molar-refractivity contribution is -0.0205. The van der Waals surface area contributed by atoms with E-state index in [4.69, 9.17) is 31.4 Å². The maximum absolute atomic E-state index is 8.06. The minimum Gasteiger partial charge on any atom is -0.456 e. The van der Waals surface area contributed by atoms with Crippen molar-refractivity contribution in [3.05, 3.63) is 88.0 Å². The van der Waals surface area contributed by atoms with Gasteiger partial charge in [0.15, 0.2) is 11.5 Å². The summed E-state index contributed by atoms with van der Waals surface area (Å²) in [6.07, 6.45) is 23.3. The van der Waals surface area contributed by atoms with Crippen molar-refractivity contribution in [3.63, 3.8) is 0 Å². The van der Waals surface area contributed by atoms with Crippen LogP contribution in [0.5, 0.6) is 34.5 Å². The largest absolute Gasteiger partial charge is 0.456 e. The van der Waals surface area contributed by atoms with Crippen molar-refractivity contribution in [2.24, 2.45) is 53.3 Å². The summed E-state index contributed by atoms with van der Waals surface area (Å²) in [6.45, 7) is 6.42. The van der Waals surface area contributed by atoms with Crippen LogP contribution >= 0.6 is 0 Å². The van der Waals surface area contributed by atoms with E-state index >= 15 is 0 Å². The highest BCUT2D eigenvalue weighted by Gasteiger charge is 2.62. The molecule has 0 saturated heterocycles. The van der Waals surface area contributed by atoms with Crippen LogP contribution in [0, 0.1) is 74.0 Å². The normalized spacial score (nSPS) is 37.5. The zero-order valence-electron chi connectivity index (χ0n) is 38.1. The molecule has 6 heteroatoms. The van der Waals surface area contributed by atoms with Gasteiger partial charge in [-0.05, 0) is 226 Å². The second kappa shape index (κ2) is 13.8. The molecule has 0 heterocycles. The fourth-order valence-corrected chi connectivity index (χ4v) is 18.3. The Labute approximate surface area is 375 Å². The quantitative estimate of drug-likeness (QED) is 0.145. The van der Waals surface area contributed by atoms with Gasteiger partial charge in [-0.2, -0.15) is 0 Å². The van der Waals surface area contributed by atoms with E-state index < -0.39 is 0 Å². The number of anilines is 3. The summed E-state index contributed by atoms with van der Waals surface area (Å²) in [5, 5.41) is 0. The van der Waals surface area contributed by atoms with Crippen LogP contribution in [-0.4, -0.2) is 0 Å². The molecule has 0 atom stereocenters. The summed E-state index contributed by atoms with van der Waals surface area (Å²) in [5.74, 6) is 12.2. The summed E-state index contributed by atoms with van der Waals surface area (Å²) in [6, 6.07) is 18.8. The molecule has 4 aromatic carbocycles. The average molecular weight is 844 g/mol. The molecule has 6 nitrogen and oxygen atoms in total. The molecule has 0 radical (unpaired) electrons. The van der Waals surface area contributed by atoms with Gasteiger partial charge in [0, 0.05) is 66.7 Å². The van der Waals surface area contributed by atoms with Crippen molar-refractivity contribution >= 4 is 17.1 Å². The van der Waals surface area contributed by atoms with E-state index in [0.29, 0.717) is 17.8 Å². The molecule has 6 N–H and O–H groups in total. The summed E-state index contributed by atoms with van der Waals surface area (Å²) < 4.78 is 23.8. The van der Waals surface area contributed by atoms with Crippen molar-refractivity contribution in [2.75, 3.05) is 17.2 Å². The van der Waals surface area contributed by atoms with Gasteiger partial charge in [-0.1, -0.05) is 18.2 Å². The van der Waals surface area contributed by atoms with Gasteiger partial charge in [0.2, 0.25) is 0 Å². The van der Waals surface area contributed by atoms with E-state index in [-0.39, 0.29) is 16.2 Å². The van der Waals surface area contributed by atoms with E-state index in [9.17, 15) is 0 Å². The third-order valence-corrected chi connectivity index (χ3v) is 19.7. The molecule has 12 bridgehead atoms. The molecular formula is C57H69N3O3. The molecule has 0 aliphatic heterocycles. The first-order chi connectivity index (χ1) is 30.4. The lowest BCUT2D eigenvalue weighted by atomic mass is 9.43. The minimum absolute atomic E-state index is 0.00249. The van der Waals surface area contributed by atoms with Gasteiger partial charge < -0.3 is 31.4 Å². The molecule has 16 rings (SSSR count). The third kappa shape index (κ3) is 6.00. The predicted molar refractivity (Wildman–Crippen MR) is 253 cm³/mol. The minimum atomic E-state index is -0.109. The highest BCUT2D eigenvalue weighted by molar-refractivity contribution is 5.73. The maximum atomic E-state index is 8.06. The number of hydrogen-bond donors (Lipinski definition) is 3. The Morgan fingerprint density at radius 3 is 0.889 bits per heavy atom. The van der Waals surface area contributed by atoms with E-state index in [2.05, 4.69) is 57.2 Å². The summed E-state index contributed by atoms with van der Waals surface area (Å²) >= 11 is 0. The smallest absolute Gasteiger partial charge is 0.177 e. The number of nitrogens with two attached hydrogens (primary N) is 3. The average Bonchev–Trinajstić information content (AvgIpc) is 3.22. The zero-order valence-corrected chi connectivity index (χ0v) is 38.1. The first-order valence-corrected chi connectivity index (χ1v) is 25.3. The SMILES string of the molecule is Cc1c(N)cccc1Oc1c(Oc2cccc(N)c2C)c(C23CC4CC(CC(C4)C2)C3)c(C23CC4CC(CC(C4)C2)C3)c(Oc2cccc(N)c2C)c1C12CC3CC(CC(C3)C1)C2. The van der Waals surface area contributed by atoms with Gasteiger partial charge in [-0.25, -0.2) is 0 Å². The number of rotatable bonds is 9. The number of nitrogen functional groups attached to an aromatic ring is 3. The van der Waals surface area contributed by atoms with Crippen LogP contribution in [0.25, 0.3) is 0 Å².